The number of aryl methyl sites for hydroxylation is 1. The second kappa shape index (κ2) is 6.06. The Bertz CT molecular complexity index is 568. The highest BCUT2D eigenvalue weighted by Gasteiger charge is 2.18. The van der Waals surface area contributed by atoms with Crippen molar-refractivity contribution >= 4 is 0 Å². The third kappa shape index (κ3) is 2.83. The van der Waals surface area contributed by atoms with E-state index in [4.69, 9.17) is 4.74 Å². The van der Waals surface area contributed by atoms with Gasteiger partial charge in [0.15, 0.2) is 0 Å². The molecule has 1 aromatic heterocycles. The first-order valence-corrected chi connectivity index (χ1v) is 7.19. The maximum Gasteiger partial charge on any atom is 0.130 e. The third-order valence-corrected chi connectivity index (χ3v) is 3.89. The number of hydrogen-bond donors (Lipinski definition) is 1. The summed E-state index contributed by atoms with van der Waals surface area (Å²) in [6.07, 6.45) is 5.40. The average molecular weight is 268 g/mol. The molecule has 1 aliphatic carbocycles. The lowest BCUT2D eigenvalue weighted by molar-refractivity contribution is 0.300. The Hall–Kier alpha value is -1.87. The molecule has 0 spiro atoms. The summed E-state index contributed by atoms with van der Waals surface area (Å²) in [4.78, 5) is 4.27. The Balaban J connectivity index is 1.72. The zero-order chi connectivity index (χ0) is 13.8. The molecule has 2 aromatic rings. The van der Waals surface area contributed by atoms with Gasteiger partial charge in [-0.1, -0.05) is 12.1 Å². The van der Waals surface area contributed by atoms with E-state index < -0.39 is 0 Å². The summed E-state index contributed by atoms with van der Waals surface area (Å²) in [5.41, 5.74) is 3.79. The molecule has 0 saturated heterocycles. The van der Waals surface area contributed by atoms with Crippen LogP contribution in [0.5, 0.6) is 5.75 Å². The molecule has 0 bridgehead atoms. The molecule has 1 N–H and O–H groups in total. The van der Waals surface area contributed by atoms with Crippen LogP contribution in [0.1, 0.15) is 35.7 Å². The summed E-state index contributed by atoms with van der Waals surface area (Å²) < 4.78 is 5.84. The van der Waals surface area contributed by atoms with Gasteiger partial charge >= 0.3 is 0 Å². The largest absolute Gasteiger partial charge is 0.487 e. The SMILES string of the molecule is CNC1CCCc2cc(OCc3ccccn3)ccc21. The fourth-order valence-corrected chi connectivity index (χ4v) is 2.82. The van der Waals surface area contributed by atoms with Crippen molar-refractivity contribution in [3.8, 4) is 5.75 Å². The Labute approximate surface area is 120 Å². The molecule has 1 aliphatic rings. The fraction of sp³-hybridized carbons (Fsp3) is 0.353. The van der Waals surface area contributed by atoms with Gasteiger partial charge in [0.2, 0.25) is 0 Å². The van der Waals surface area contributed by atoms with E-state index in [0.717, 1.165) is 17.9 Å². The summed E-state index contributed by atoms with van der Waals surface area (Å²) in [5, 5.41) is 3.39. The van der Waals surface area contributed by atoms with Crippen LogP contribution in [0.2, 0.25) is 0 Å². The molecular weight excluding hydrogens is 248 g/mol. The van der Waals surface area contributed by atoms with Crippen molar-refractivity contribution in [1.29, 1.82) is 0 Å². The molecule has 1 unspecified atom stereocenters. The number of fused-ring (bicyclic) bond motifs is 1. The number of nitrogens with zero attached hydrogens (tertiary/aromatic N) is 1. The molecule has 104 valence electrons. The Morgan fingerprint density at radius 3 is 3.05 bits per heavy atom. The second-order valence-electron chi connectivity index (χ2n) is 5.20. The van der Waals surface area contributed by atoms with Crippen molar-refractivity contribution in [2.45, 2.75) is 31.9 Å². The van der Waals surface area contributed by atoms with Crippen molar-refractivity contribution in [3.63, 3.8) is 0 Å². The topological polar surface area (TPSA) is 34.1 Å². The number of ether oxygens (including phenoxy) is 1. The van der Waals surface area contributed by atoms with Gasteiger partial charge in [0, 0.05) is 12.2 Å². The lowest BCUT2D eigenvalue weighted by Crippen LogP contribution is -2.21. The number of hydrogen-bond acceptors (Lipinski definition) is 3. The molecular formula is C17H20N2O. The molecule has 3 rings (SSSR count). The minimum Gasteiger partial charge on any atom is -0.487 e. The van der Waals surface area contributed by atoms with E-state index in [1.54, 1.807) is 6.20 Å². The smallest absolute Gasteiger partial charge is 0.130 e. The maximum absolute atomic E-state index is 5.84. The fourth-order valence-electron chi connectivity index (χ4n) is 2.82. The van der Waals surface area contributed by atoms with Crippen LogP contribution < -0.4 is 10.1 Å². The van der Waals surface area contributed by atoms with E-state index in [1.165, 1.54) is 24.0 Å². The first kappa shape index (κ1) is 13.1. The molecule has 0 saturated carbocycles. The average Bonchev–Trinajstić information content (AvgIpc) is 2.53. The van der Waals surface area contributed by atoms with Gasteiger partial charge in [-0.15, -0.1) is 0 Å². The zero-order valence-corrected chi connectivity index (χ0v) is 11.8. The Kier molecular flexibility index (Phi) is 3.97. The van der Waals surface area contributed by atoms with Crippen molar-refractivity contribution in [3.05, 3.63) is 59.4 Å². The molecule has 1 atom stereocenters. The Morgan fingerprint density at radius 1 is 1.30 bits per heavy atom. The number of aromatic nitrogens is 1. The van der Waals surface area contributed by atoms with E-state index in [2.05, 4.69) is 28.5 Å². The van der Waals surface area contributed by atoms with Crippen LogP contribution in [0, 0.1) is 0 Å². The summed E-state index contributed by atoms with van der Waals surface area (Å²) >= 11 is 0. The molecule has 1 heterocycles. The number of rotatable bonds is 4. The highest BCUT2D eigenvalue weighted by Crippen LogP contribution is 2.32. The number of nitrogens with one attached hydrogen (secondary N) is 1. The lowest BCUT2D eigenvalue weighted by Gasteiger charge is -2.25. The minimum atomic E-state index is 0.489. The van der Waals surface area contributed by atoms with Gasteiger partial charge in [0.25, 0.3) is 0 Å². The molecule has 1 aromatic carbocycles. The van der Waals surface area contributed by atoms with Gasteiger partial charge in [-0.05, 0) is 61.7 Å². The molecule has 0 aliphatic heterocycles. The van der Waals surface area contributed by atoms with E-state index in [0.29, 0.717) is 12.6 Å². The minimum absolute atomic E-state index is 0.489. The van der Waals surface area contributed by atoms with Crippen LogP contribution in [-0.2, 0) is 13.0 Å². The van der Waals surface area contributed by atoms with Gasteiger partial charge in [-0.25, -0.2) is 0 Å². The van der Waals surface area contributed by atoms with Crippen molar-refractivity contribution < 1.29 is 4.74 Å². The van der Waals surface area contributed by atoms with Crippen LogP contribution in [0.3, 0.4) is 0 Å². The summed E-state index contributed by atoms with van der Waals surface area (Å²) in [6, 6.07) is 12.8. The second-order valence-corrected chi connectivity index (χ2v) is 5.20. The molecule has 0 radical (unpaired) electrons. The highest BCUT2D eigenvalue weighted by molar-refractivity contribution is 5.39. The van der Waals surface area contributed by atoms with Crippen molar-refractivity contribution in [2.24, 2.45) is 0 Å². The standard InChI is InChI=1S/C17H20N2O/c1-18-17-7-4-5-13-11-15(8-9-16(13)17)20-12-14-6-2-3-10-19-14/h2-3,6,8-11,17-18H,4-5,7,12H2,1H3. The first-order valence-electron chi connectivity index (χ1n) is 7.19. The summed E-state index contributed by atoms with van der Waals surface area (Å²) in [5.74, 6) is 0.936. The van der Waals surface area contributed by atoms with Crippen LogP contribution >= 0.6 is 0 Å². The van der Waals surface area contributed by atoms with Crippen LogP contribution in [0.4, 0.5) is 0 Å². The van der Waals surface area contributed by atoms with Gasteiger partial charge < -0.3 is 10.1 Å². The maximum atomic E-state index is 5.84. The summed E-state index contributed by atoms with van der Waals surface area (Å²) in [6.45, 7) is 0.523. The number of pyridine rings is 1. The van der Waals surface area contributed by atoms with E-state index in [1.807, 2.05) is 25.2 Å². The van der Waals surface area contributed by atoms with E-state index in [9.17, 15) is 0 Å². The summed E-state index contributed by atoms with van der Waals surface area (Å²) in [7, 11) is 2.03. The third-order valence-electron chi connectivity index (χ3n) is 3.89. The van der Waals surface area contributed by atoms with Crippen LogP contribution in [0.15, 0.2) is 42.6 Å². The highest BCUT2D eigenvalue weighted by atomic mass is 16.5. The van der Waals surface area contributed by atoms with Gasteiger partial charge in [0.1, 0.15) is 12.4 Å². The predicted molar refractivity (Wildman–Crippen MR) is 79.7 cm³/mol. The van der Waals surface area contributed by atoms with Crippen molar-refractivity contribution in [2.75, 3.05) is 7.05 Å². The number of benzene rings is 1. The molecule has 3 nitrogen and oxygen atoms in total. The van der Waals surface area contributed by atoms with Crippen LogP contribution in [-0.4, -0.2) is 12.0 Å². The normalized spacial score (nSPS) is 17.6. The van der Waals surface area contributed by atoms with Gasteiger partial charge in [-0.3, -0.25) is 4.98 Å². The molecule has 20 heavy (non-hydrogen) atoms. The molecule has 0 amide bonds. The van der Waals surface area contributed by atoms with Crippen molar-refractivity contribution in [1.82, 2.24) is 10.3 Å². The van der Waals surface area contributed by atoms with E-state index in [-0.39, 0.29) is 0 Å². The lowest BCUT2D eigenvalue weighted by atomic mass is 9.87. The molecule has 0 fully saturated rings. The van der Waals surface area contributed by atoms with E-state index >= 15 is 0 Å². The van der Waals surface area contributed by atoms with Crippen LogP contribution in [0.25, 0.3) is 0 Å². The van der Waals surface area contributed by atoms with Gasteiger partial charge in [0.05, 0.1) is 5.69 Å². The van der Waals surface area contributed by atoms with Gasteiger partial charge in [-0.2, -0.15) is 0 Å². The Morgan fingerprint density at radius 2 is 2.25 bits per heavy atom. The first-order chi connectivity index (χ1) is 9.86. The predicted octanol–water partition coefficient (Wildman–Crippen LogP) is 3.26. The molecule has 3 heteroatoms. The zero-order valence-electron chi connectivity index (χ0n) is 11.8. The quantitative estimate of drug-likeness (QED) is 0.924. The monoisotopic (exact) mass is 268 g/mol.